The van der Waals surface area contributed by atoms with Crippen molar-refractivity contribution < 1.29 is 9.53 Å². The number of hydrogen-bond acceptors (Lipinski definition) is 5. The van der Waals surface area contributed by atoms with Gasteiger partial charge in [-0.3, -0.25) is 10.2 Å². The molecule has 2 aliphatic heterocycles. The molecular weight excluding hydrogens is 482 g/mol. The Kier molecular flexibility index (Phi) is 6.49. The number of ether oxygens (including phenoxy) is 1. The topological polar surface area (TPSA) is 83.0 Å². The minimum Gasteiger partial charge on any atom is -0.492 e. The summed E-state index contributed by atoms with van der Waals surface area (Å²) < 4.78 is 8.04. The molecule has 9 heteroatoms. The predicted molar refractivity (Wildman–Crippen MR) is 144 cm³/mol. The van der Waals surface area contributed by atoms with Gasteiger partial charge in [-0.2, -0.15) is 15.1 Å². The largest absolute Gasteiger partial charge is 0.492 e. The molecule has 0 saturated carbocycles. The lowest BCUT2D eigenvalue weighted by molar-refractivity contribution is -0.114. The number of aryl methyl sites for hydroxylation is 1. The van der Waals surface area contributed by atoms with Crippen LogP contribution >= 0.6 is 23.4 Å². The van der Waals surface area contributed by atoms with E-state index in [4.69, 9.17) is 21.7 Å². The number of aromatic nitrogens is 1. The van der Waals surface area contributed by atoms with Gasteiger partial charge in [-0.25, -0.2) is 0 Å². The van der Waals surface area contributed by atoms with Crippen molar-refractivity contribution in [3.8, 4) is 5.75 Å². The highest BCUT2D eigenvalue weighted by Gasteiger charge is 2.35. The van der Waals surface area contributed by atoms with E-state index in [0.717, 1.165) is 45.7 Å². The first-order valence-corrected chi connectivity index (χ1v) is 12.6. The number of rotatable bonds is 7. The Hall–Kier alpha value is -3.36. The summed E-state index contributed by atoms with van der Waals surface area (Å²) in [6.07, 6.45) is 5.47. The molecule has 0 fully saturated rings. The zero-order valence-electron chi connectivity index (χ0n) is 19.4. The van der Waals surface area contributed by atoms with Crippen molar-refractivity contribution in [2.45, 2.75) is 33.2 Å². The fourth-order valence-electron chi connectivity index (χ4n) is 4.05. The van der Waals surface area contributed by atoms with Crippen LogP contribution in [0, 0.1) is 12.3 Å². The Morgan fingerprint density at radius 1 is 1.23 bits per heavy atom. The van der Waals surface area contributed by atoms with E-state index in [1.165, 1.54) is 16.8 Å². The Balaban J connectivity index is 1.41. The van der Waals surface area contributed by atoms with Crippen LogP contribution in [0.2, 0.25) is 5.02 Å². The molecule has 0 radical (unpaired) electrons. The van der Waals surface area contributed by atoms with Gasteiger partial charge in [0.15, 0.2) is 5.84 Å². The number of para-hydroxylation sites is 1. The molecule has 0 bridgehead atoms. The van der Waals surface area contributed by atoms with E-state index in [0.29, 0.717) is 23.3 Å². The Bertz CT molecular complexity index is 1440. The number of nitrogens with zero attached hydrogens (tertiary/aromatic N) is 4. The molecule has 7 nitrogen and oxygen atoms in total. The molecule has 1 aromatic heterocycles. The van der Waals surface area contributed by atoms with Crippen molar-refractivity contribution in [3.05, 3.63) is 70.4 Å². The minimum atomic E-state index is -0.417. The van der Waals surface area contributed by atoms with E-state index in [2.05, 4.69) is 21.6 Å². The van der Waals surface area contributed by atoms with Crippen molar-refractivity contribution in [1.29, 1.82) is 5.41 Å². The number of hydrazone groups is 1. The lowest BCUT2D eigenvalue weighted by atomic mass is 10.1. The first-order valence-electron chi connectivity index (χ1n) is 11.4. The number of carbonyl (C=O) groups is 1. The second-order valence-electron chi connectivity index (χ2n) is 8.32. The van der Waals surface area contributed by atoms with Crippen LogP contribution in [0.25, 0.3) is 17.0 Å². The number of nitrogens with one attached hydrogen (secondary N) is 1. The number of halogens is 1. The van der Waals surface area contributed by atoms with Crippen LogP contribution in [0.15, 0.2) is 64.3 Å². The zero-order chi connectivity index (χ0) is 24.5. The van der Waals surface area contributed by atoms with Crippen LogP contribution in [0.4, 0.5) is 0 Å². The number of fused-ring (bicyclic) bond motifs is 2. The number of amidine groups is 2. The van der Waals surface area contributed by atoms with Crippen LogP contribution in [0.3, 0.4) is 0 Å². The molecule has 0 atom stereocenters. The molecule has 3 aromatic rings. The van der Waals surface area contributed by atoms with Gasteiger partial charge in [0.25, 0.3) is 5.91 Å². The van der Waals surface area contributed by atoms with Crippen LogP contribution < -0.4 is 4.74 Å². The summed E-state index contributed by atoms with van der Waals surface area (Å²) in [5.74, 6) is 0.406. The molecule has 1 amide bonds. The summed E-state index contributed by atoms with van der Waals surface area (Å²) in [4.78, 5) is 17.0. The van der Waals surface area contributed by atoms with Crippen LogP contribution in [-0.4, -0.2) is 38.1 Å². The average Bonchev–Trinajstić information content (AvgIpc) is 3.40. The number of aliphatic imine (C=N–C) groups is 1. The van der Waals surface area contributed by atoms with Gasteiger partial charge in [0.05, 0.1) is 12.1 Å². The Morgan fingerprint density at radius 3 is 2.86 bits per heavy atom. The predicted octanol–water partition coefficient (Wildman–Crippen LogP) is 6.10. The number of amides is 1. The normalized spacial score (nSPS) is 16.7. The quantitative estimate of drug-likeness (QED) is 0.393. The molecule has 0 aliphatic carbocycles. The second kappa shape index (κ2) is 9.71. The van der Waals surface area contributed by atoms with Crippen molar-refractivity contribution in [2.24, 2.45) is 10.1 Å². The molecule has 2 aromatic carbocycles. The third-order valence-corrected chi connectivity index (χ3v) is 7.20. The molecule has 0 spiro atoms. The monoisotopic (exact) mass is 505 g/mol. The zero-order valence-corrected chi connectivity index (χ0v) is 21.0. The summed E-state index contributed by atoms with van der Waals surface area (Å²) in [6.45, 7) is 5.11. The third kappa shape index (κ3) is 4.63. The minimum absolute atomic E-state index is 0.0527. The van der Waals surface area contributed by atoms with E-state index in [1.807, 2.05) is 55.6 Å². The van der Waals surface area contributed by atoms with Crippen molar-refractivity contribution >= 4 is 62.3 Å². The summed E-state index contributed by atoms with van der Waals surface area (Å²) in [5, 5.41) is 17.6. The number of carbonyl (C=O) groups excluding carboxylic acids is 1. The highest BCUT2D eigenvalue weighted by Crippen LogP contribution is 2.31. The van der Waals surface area contributed by atoms with E-state index in [9.17, 15) is 4.79 Å². The number of thioether (sulfide) groups is 1. The maximum atomic E-state index is 12.8. The molecule has 1 N–H and O–H groups in total. The number of hydrogen-bond donors (Lipinski definition) is 1. The van der Waals surface area contributed by atoms with Gasteiger partial charge >= 0.3 is 0 Å². The average molecular weight is 506 g/mol. The van der Waals surface area contributed by atoms with Gasteiger partial charge in [-0.15, -0.1) is 0 Å². The van der Waals surface area contributed by atoms with Gasteiger partial charge in [-0.05, 0) is 67.4 Å². The third-order valence-electron chi connectivity index (χ3n) is 5.81. The lowest BCUT2D eigenvalue weighted by Gasteiger charge is -2.20. The first-order chi connectivity index (χ1) is 16.9. The molecule has 0 saturated heterocycles. The van der Waals surface area contributed by atoms with Crippen molar-refractivity contribution in [2.75, 3.05) is 6.61 Å². The molecule has 2 aliphatic rings. The van der Waals surface area contributed by atoms with Gasteiger partial charge in [0.1, 0.15) is 17.4 Å². The molecule has 178 valence electrons. The van der Waals surface area contributed by atoms with Gasteiger partial charge in [-0.1, -0.05) is 36.7 Å². The summed E-state index contributed by atoms with van der Waals surface area (Å²) in [7, 11) is 0. The smallest absolute Gasteiger partial charge is 0.283 e. The van der Waals surface area contributed by atoms with E-state index in [-0.39, 0.29) is 11.4 Å². The molecular formula is C26H24ClN5O2S. The summed E-state index contributed by atoms with van der Waals surface area (Å²) >= 11 is 7.47. The van der Waals surface area contributed by atoms with Crippen LogP contribution in [0.5, 0.6) is 5.75 Å². The standard InChI is InChI=1S/C26H24ClN5O2S/c1-3-6-23-30-32-24(28)20(25(33)29-26(32)35-23)14-17-15-31(22-8-5-4-7-19(17)22)11-12-34-18-9-10-21(27)16(2)13-18/h4-5,7-10,13-15,28H,3,6,11-12H2,1-2H3/b20-14+,28-24?. The highest BCUT2D eigenvalue weighted by atomic mass is 35.5. The highest BCUT2D eigenvalue weighted by molar-refractivity contribution is 8.26. The van der Waals surface area contributed by atoms with E-state index in [1.54, 1.807) is 6.08 Å². The Labute approximate surface area is 212 Å². The maximum absolute atomic E-state index is 12.8. The maximum Gasteiger partial charge on any atom is 0.283 e. The molecule has 5 rings (SSSR count). The fraction of sp³-hybridized carbons (Fsp3) is 0.231. The van der Waals surface area contributed by atoms with E-state index >= 15 is 0 Å². The van der Waals surface area contributed by atoms with Gasteiger partial charge < -0.3 is 9.30 Å². The fourth-order valence-corrected chi connectivity index (χ4v) is 5.15. The van der Waals surface area contributed by atoms with Crippen LogP contribution in [-0.2, 0) is 11.3 Å². The van der Waals surface area contributed by atoms with E-state index < -0.39 is 5.91 Å². The van der Waals surface area contributed by atoms with Gasteiger partial charge in [0.2, 0.25) is 5.17 Å². The molecule has 3 heterocycles. The number of benzene rings is 2. The van der Waals surface area contributed by atoms with Crippen molar-refractivity contribution in [1.82, 2.24) is 9.58 Å². The lowest BCUT2D eigenvalue weighted by Crippen LogP contribution is -2.35. The Morgan fingerprint density at radius 2 is 2.06 bits per heavy atom. The first kappa shape index (κ1) is 23.4. The molecule has 35 heavy (non-hydrogen) atoms. The summed E-state index contributed by atoms with van der Waals surface area (Å²) in [6, 6.07) is 13.6. The summed E-state index contributed by atoms with van der Waals surface area (Å²) in [5.41, 5.74) is 3.07. The molecule has 0 unspecified atom stereocenters. The van der Waals surface area contributed by atoms with Crippen LogP contribution in [0.1, 0.15) is 30.9 Å². The second-order valence-corrected chi connectivity index (χ2v) is 9.77. The van der Waals surface area contributed by atoms with Crippen molar-refractivity contribution in [3.63, 3.8) is 0 Å². The SMILES string of the molecule is CCCC1=NN2C(=N)/C(=C\c3cn(CCOc4ccc(Cl)c(C)c4)c4ccccc34)C(=O)N=C2S1. The van der Waals surface area contributed by atoms with Gasteiger partial charge in [0, 0.05) is 27.7 Å².